The third kappa shape index (κ3) is 9.50. The van der Waals surface area contributed by atoms with Crippen LogP contribution in [0.3, 0.4) is 0 Å². The Morgan fingerprint density at radius 2 is 1.27 bits per heavy atom. The fraction of sp³-hybridized carbons (Fsp3) is 0.386. The molecule has 8 rings (SSSR count). The SMILES string of the molecule is CC(=O)O[C@@]12CO[C@@H]1C[C@H](OC(=O)C=C(C)C)[C@@]1(C)C(=O)[C@H](OC(=O)c3ccccc3)C3=C(C)[C@@H](OC(=O)[C@H](O)[C@@H](NC(=O)c4ccccc4)c4ccccc4)C[C@@](O)([C@@H](OC(=O)c4ccccc4)[C@H]21)C3(C)C. The third-order valence-electron chi connectivity index (χ3n) is 15.1. The van der Waals surface area contributed by atoms with Gasteiger partial charge in [-0.05, 0) is 80.8 Å². The van der Waals surface area contributed by atoms with Crippen molar-refractivity contribution >= 4 is 41.5 Å². The topological polar surface area (TPSA) is 227 Å². The van der Waals surface area contributed by atoms with E-state index in [1.165, 1.54) is 44.2 Å². The van der Waals surface area contributed by atoms with E-state index in [-0.39, 0.29) is 40.9 Å². The first kappa shape index (κ1) is 52.1. The number of carbonyl (C=O) groups is 7. The lowest BCUT2D eigenvalue weighted by Gasteiger charge is -2.67. The quantitative estimate of drug-likeness (QED) is 0.0559. The molecule has 4 aliphatic rings. The third-order valence-corrected chi connectivity index (χ3v) is 15.1. The molecule has 1 heterocycles. The molecule has 3 aliphatic carbocycles. The molecule has 382 valence electrons. The largest absolute Gasteiger partial charge is 0.458 e. The summed E-state index contributed by atoms with van der Waals surface area (Å²) in [5.74, 6) is -8.00. The fourth-order valence-corrected chi connectivity index (χ4v) is 11.3. The molecule has 11 atom stereocenters. The molecule has 0 unspecified atom stereocenters. The van der Waals surface area contributed by atoms with Crippen molar-refractivity contribution in [3.63, 3.8) is 0 Å². The number of hydrogen-bond acceptors (Lipinski definition) is 15. The first-order valence-corrected chi connectivity index (χ1v) is 24.1. The molecule has 1 saturated heterocycles. The Morgan fingerprint density at radius 3 is 1.79 bits per heavy atom. The van der Waals surface area contributed by atoms with Gasteiger partial charge < -0.3 is 44.0 Å². The molecule has 3 N–H and O–H groups in total. The summed E-state index contributed by atoms with van der Waals surface area (Å²) < 4.78 is 37.8. The highest BCUT2D eigenvalue weighted by Gasteiger charge is 2.79. The number of aliphatic hydroxyl groups excluding tert-OH is 1. The molecule has 3 fully saturated rings. The van der Waals surface area contributed by atoms with E-state index in [0.717, 1.165) is 6.92 Å². The van der Waals surface area contributed by atoms with Crippen LogP contribution < -0.4 is 5.32 Å². The van der Waals surface area contributed by atoms with Crippen LogP contribution in [0.2, 0.25) is 0 Å². The Hall–Kier alpha value is -7.27. The van der Waals surface area contributed by atoms with Crippen LogP contribution in [0.1, 0.15) is 104 Å². The van der Waals surface area contributed by atoms with Crippen LogP contribution in [0.25, 0.3) is 0 Å². The van der Waals surface area contributed by atoms with Gasteiger partial charge in [-0.15, -0.1) is 0 Å². The summed E-state index contributed by atoms with van der Waals surface area (Å²) in [6.07, 6.45) is -9.70. The van der Waals surface area contributed by atoms with Crippen molar-refractivity contribution in [2.45, 2.75) is 115 Å². The van der Waals surface area contributed by atoms with Crippen molar-refractivity contribution in [3.05, 3.63) is 166 Å². The van der Waals surface area contributed by atoms with Crippen LogP contribution in [-0.4, -0.2) is 106 Å². The van der Waals surface area contributed by atoms with Crippen molar-refractivity contribution in [1.82, 2.24) is 5.32 Å². The summed E-state index contributed by atoms with van der Waals surface area (Å²) in [4.78, 5) is 101. The molecule has 16 nitrogen and oxygen atoms in total. The summed E-state index contributed by atoms with van der Waals surface area (Å²) in [6.45, 7) is 10.2. The summed E-state index contributed by atoms with van der Waals surface area (Å²) in [7, 11) is 0. The maximum absolute atomic E-state index is 16.5. The van der Waals surface area contributed by atoms with Crippen molar-refractivity contribution in [3.8, 4) is 0 Å². The molecule has 4 aromatic carbocycles. The molecule has 2 saturated carbocycles. The maximum atomic E-state index is 16.5. The van der Waals surface area contributed by atoms with Gasteiger partial charge in [-0.1, -0.05) is 104 Å². The lowest BCUT2D eigenvalue weighted by atomic mass is 9.44. The second-order valence-electron chi connectivity index (χ2n) is 20.1. The van der Waals surface area contributed by atoms with Gasteiger partial charge in [0.15, 0.2) is 23.6 Å². The maximum Gasteiger partial charge on any atom is 0.339 e. The Morgan fingerprint density at radius 1 is 0.740 bits per heavy atom. The molecule has 0 spiro atoms. The zero-order chi connectivity index (χ0) is 52.6. The lowest BCUT2D eigenvalue weighted by molar-refractivity contribution is -0.346. The number of rotatable bonds is 13. The highest BCUT2D eigenvalue weighted by Crippen LogP contribution is 2.65. The Labute approximate surface area is 422 Å². The zero-order valence-corrected chi connectivity index (χ0v) is 41.6. The van der Waals surface area contributed by atoms with Crippen LogP contribution in [0.15, 0.2) is 144 Å². The highest BCUT2D eigenvalue weighted by atomic mass is 16.6. The number of carbonyl (C=O) groups excluding carboxylic acids is 7. The predicted octanol–water partition coefficient (Wildman–Crippen LogP) is 6.55. The van der Waals surface area contributed by atoms with Crippen LogP contribution in [0.4, 0.5) is 0 Å². The predicted molar refractivity (Wildman–Crippen MR) is 261 cm³/mol. The molecule has 1 aliphatic heterocycles. The average molecular weight is 998 g/mol. The molecule has 73 heavy (non-hydrogen) atoms. The second kappa shape index (κ2) is 20.3. The standard InChI is InChI=1S/C57H59NO15/c1-32(2)28-42(60)70-40-29-41-56(31-68-41,73-34(4)59)47-49(72-52(65)38-26-18-11-19-27-38)57(67)30-39(69-53(66)45(61)44(35-20-12-8-13-21-35)58-50(63)36-22-14-9-15-23-36)33(3)43(54(57,5)6)46(48(62)55(40,47)7)71-51(64)37-24-16-10-17-25-37/h8-28,39-41,44-47,49,61,67H,29-31H2,1-7H3,(H,58,63)/t39-,40-,41+,44-,45+,46+,47-,49-,55+,56-,57+/m0/s1. The number of nitrogens with one attached hydrogen (secondary N) is 1. The van der Waals surface area contributed by atoms with Gasteiger partial charge in [0.25, 0.3) is 5.91 Å². The second-order valence-corrected chi connectivity index (χ2v) is 20.1. The molecule has 0 radical (unpaired) electrons. The van der Waals surface area contributed by atoms with Gasteiger partial charge in [0.1, 0.15) is 30.0 Å². The normalized spacial score (nSPS) is 28.6. The molecular weight excluding hydrogens is 939 g/mol. The number of aliphatic hydroxyl groups is 2. The van der Waals surface area contributed by atoms with Crippen molar-refractivity contribution < 1.29 is 72.2 Å². The van der Waals surface area contributed by atoms with E-state index in [1.54, 1.807) is 125 Å². The van der Waals surface area contributed by atoms with E-state index in [9.17, 15) is 39.0 Å². The van der Waals surface area contributed by atoms with E-state index in [2.05, 4.69) is 5.32 Å². The van der Waals surface area contributed by atoms with Gasteiger partial charge in [0, 0.05) is 36.8 Å². The number of hydrogen-bond donors (Lipinski definition) is 3. The first-order chi connectivity index (χ1) is 34.6. The van der Waals surface area contributed by atoms with Crippen LogP contribution in [0.5, 0.6) is 0 Å². The Bertz CT molecular complexity index is 2850. The first-order valence-electron chi connectivity index (χ1n) is 24.1. The Balaban J connectivity index is 1.34. The summed E-state index contributed by atoms with van der Waals surface area (Å²) in [5, 5.41) is 28.9. The van der Waals surface area contributed by atoms with Gasteiger partial charge >= 0.3 is 29.8 Å². The fourth-order valence-electron chi connectivity index (χ4n) is 11.3. The minimum Gasteiger partial charge on any atom is -0.458 e. The van der Waals surface area contributed by atoms with Gasteiger partial charge in [-0.2, -0.15) is 0 Å². The van der Waals surface area contributed by atoms with Gasteiger partial charge in [0.2, 0.25) is 0 Å². The number of allylic oxidation sites excluding steroid dienone is 1. The molecular formula is C57H59NO15. The average Bonchev–Trinajstić information content (AvgIpc) is 3.36. The lowest BCUT2D eigenvalue weighted by Crippen LogP contribution is -2.82. The van der Waals surface area contributed by atoms with E-state index in [4.69, 9.17) is 28.4 Å². The van der Waals surface area contributed by atoms with Crippen molar-refractivity contribution in [2.75, 3.05) is 6.61 Å². The van der Waals surface area contributed by atoms with Crippen molar-refractivity contribution in [1.29, 1.82) is 0 Å². The van der Waals surface area contributed by atoms with Crippen LogP contribution >= 0.6 is 0 Å². The summed E-state index contributed by atoms with van der Waals surface area (Å²) in [5.41, 5.74) is -6.98. The number of ketones is 1. The molecule has 1 amide bonds. The van der Waals surface area contributed by atoms with Crippen molar-refractivity contribution in [2.24, 2.45) is 16.7 Å². The zero-order valence-electron chi connectivity index (χ0n) is 41.6. The molecule has 4 aromatic rings. The van der Waals surface area contributed by atoms with E-state index >= 15 is 4.79 Å². The minimum absolute atomic E-state index is 0.0392. The molecule has 0 aromatic heterocycles. The van der Waals surface area contributed by atoms with Crippen LogP contribution in [-0.2, 0) is 47.6 Å². The van der Waals surface area contributed by atoms with Crippen LogP contribution in [0, 0.1) is 16.7 Å². The van der Waals surface area contributed by atoms with E-state index in [1.807, 2.05) is 0 Å². The monoisotopic (exact) mass is 997 g/mol. The number of benzene rings is 4. The number of amides is 1. The Kier molecular flexibility index (Phi) is 14.5. The van der Waals surface area contributed by atoms with E-state index < -0.39 is 119 Å². The number of fused-ring (bicyclic) bond motifs is 5. The molecule has 2 bridgehead atoms. The number of ether oxygens (including phenoxy) is 6. The van der Waals surface area contributed by atoms with Gasteiger partial charge in [0.05, 0.1) is 35.1 Å². The molecule has 16 heteroatoms. The minimum atomic E-state index is -2.49. The van der Waals surface area contributed by atoms with E-state index in [0.29, 0.717) is 11.1 Å². The summed E-state index contributed by atoms with van der Waals surface area (Å²) in [6, 6.07) is 30.7. The van der Waals surface area contributed by atoms with Gasteiger partial charge in [-0.3, -0.25) is 14.4 Å². The highest BCUT2D eigenvalue weighted by molar-refractivity contribution is 5.99. The number of esters is 5. The summed E-state index contributed by atoms with van der Waals surface area (Å²) >= 11 is 0. The number of Topliss-reactive ketones (excluding diaryl/α,β-unsaturated/α-hetero) is 1. The van der Waals surface area contributed by atoms with Gasteiger partial charge in [-0.25, -0.2) is 19.2 Å². The smallest absolute Gasteiger partial charge is 0.339 e.